The molecule has 0 saturated heterocycles. The predicted molar refractivity (Wildman–Crippen MR) is 45.8 cm³/mol. The Morgan fingerprint density at radius 2 is 1.46 bits per heavy atom. The molecular weight excluding hydrogens is 180 g/mol. The number of rotatable bonds is 1. The first-order valence-corrected chi connectivity index (χ1v) is 2.91. The summed E-state index contributed by atoms with van der Waals surface area (Å²) in [4.78, 5) is 17.9. The van der Waals surface area contributed by atoms with Crippen molar-refractivity contribution in [3.8, 4) is 0 Å². The Labute approximate surface area is 75.4 Å². The van der Waals surface area contributed by atoms with E-state index in [9.17, 15) is 4.79 Å². The van der Waals surface area contributed by atoms with Crippen LogP contribution < -0.4 is 0 Å². The molecule has 3 N–H and O–H groups in total. The minimum absolute atomic E-state index is 0.850. The van der Waals surface area contributed by atoms with Crippen molar-refractivity contribution in [2.24, 2.45) is 0 Å². The van der Waals surface area contributed by atoms with Crippen LogP contribution >= 0.6 is 0 Å². The monoisotopic (exact) mass is 192 g/mol. The first-order valence-electron chi connectivity index (χ1n) is 2.91. The molecule has 0 saturated carbocycles. The minimum Gasteiger partial charge on any atom is -0.450 e. The Hall–Kier alpha value is -1.98. The van der Waals surface area contributed by atoms with Crippen molar-refractivity contribution in [2.75, 3.05) is 0 Å². The normalized spacial score (nSPS) is 5.92. The maximum Gasteiger partial charge on any atom is 0.510 e. The summed E-state index contributed by atoms with van der Waals surface area (Å²) in [5, 5.41) is 21.6. The quantitative estimate of drug-likeness (QED) is 0.334. The number of ether oxygens (including phenoxy) is 1. The van der Waals surface area contributed by atoms with Gasteiger partial charge < -0.3 is 20.1 Å². The van der Waals surface area contributed by atoms with Crippen LogP contribution in [-0.2, 0) is 4.74 Å². The molecule has 0 aromatic carbocycles. The van der Waals surface area contributed by atoms with Gasteiger partial charge >= 0.3 is 12.3 Å². The van der Waals surface area contributed by atoms with E-state index >= 15 is 0 Å². The summed E-state index contributed by atoms with van der Waals surface area (Å²) in [5.41, 5.74) is 0. The number of hydrogen-bond donors (Lipinski definition) is 3. The largest absolute Gasteiger partial charge is 0.510 e. The van der Waals surface area contributed by atoms with Crippen LogP contribution in [0.15, 0.2) is 25.5 Å². The number of carbonyl (C=O) groups is 2. The van der Waals surface area contributed by atoms with Gasteiger partial charge in [0.25, 0.3) is 0 Å². The SMILES string of the molecule is C=CC.C=COC(=O)O.O=C(O)O. The lowest BCUT2D eigenvalue weighted by Gasteiger charge is -1.81. The van der Waals surface area contributed by atoms with Crippen LogP contribution in [0.4, 0.5) is 9.59 Å². The summed E-state index contributed by atoms with van der Waals surface area (Å²) in [6.07, 6.45) is -0.562. The van der Waals surface area contributed by atoms with E-state index in [1.54, 1.807) is 6.08 Å². The zero-order valence-corrected chi connectivity index (χ0v) is 7.14. The zero-order chi connectivity index (χ0) is 11.3. The van der Waals surface area contributed by atoms with Crippen LogP contribution in [0.5, 0.6) is 0 Å². The van der Waals surface area contributed by atoms with Crippen LogP contribution in [-0.4, -0.2) is 27.6 Å². The van der Waals surface area contributed by atoms with Gasteiger partial charge in [-0.15, -0.1) is 6.58 Å². The summed E-state index contributed by atoms with van der Waals surface area (Å²) in [5.74, 6) is 0. The van der Waals surface area contributed by atoms with Crippen molar-refractivity contribution in [3.05, 3.63) is 25.5 Å². The first kappa shape index (κ1) is 17.2. The second-order valence-electron chi connectivity index (χ2n) is 1.24. The average Bonchev–Trinajstić information content (AvgIpc) is 1.86. The maximum atomic E-state index is 9.31. The second kappa shape index (κ2) is 16.5. The van der Waals surface area contributed by atoms with Crippen LogP contribution in [0.25, 0.3) is 0 Å². The molecule has 0 amide bonds. The van der Waals surface area contributed by atoms with E-state index in [0.717, 1.165) is 6.26 Å². The van der Waals surface area contributed by atoms with Gasteiger partial charge in [-0.2, -0.15) is 0 Å². The van der Waals surface area contributed by atoms with Crippen LogP contribution in [0.1, 0.15) is 6.92 Å². The summed E-state index contributed by atoms with van der Waals surface area (Å²) >= 11 is 0. The van der Waals surface area contributed by atoms with Gasteiger partial charge in [0.05, 0.1) is 6.26 Å². The van der Waals surface area contributed by atoms with E-state index < -0.39 is 12.3 Å². The third-order valence-corrected chi connectivity index (χ3v) is 0.184. The van der Waals surface area contributed by atoms with Crippen molar-refractivity contribution in [1.82, 2.24) is 0 Å². The highest BCUT2D eigenvalue weighted by Crippen LogP contribution is 1.70. The molecule has 13 heavy (non-hydrogen) atoms. The Bertz CT molecular complexity index is 158. The summed E-state index contributed by atoms with van der Waals surface area (Å²) in [6, 6.07) is 0. The highest BCUT2D eigenvalue weighted by atomic mass is 16.7. The second-order valence-corrected chi connectivity index (χ2v) is 1.24. The molecule has 0 spiro atoms. The van der Waals surface area contributed by atoms with Gasteiger partial charge in [-0.1, -0.05) is 12.7 Å². The van der Waals surface area contributed by atoms with Crippen LogP contribution in [0.3, 0.4) is 0 Å². The lowest BCUT2D eigenvalue weighted by Crippen LogP contribution is -1.89. The van der Waals surface area contributed by atoms with E-state index in [1.807, 2.05) is 6.92 Å². The molecule has 0 fully saturated rings. The van der Waals surface area contributed by atoms with Crippen molar-refractivity contribution in [3.63, 3.8) is 0 Å². The predicted octanol–water partition coefficient (Wildman–Crippen LogP) is 2.24. The van der Waals surface area contributed by atoms with Gasteiger partial charge in [0.1, 0.15) is 0 Å². The van der Waals surface area contributed by atoms with E-state index in [-0.39, 0.29) is 0 Å². The molecule has 6 heteroatoms. The van der Waals surface area contributed by atoms with Gasteiger partial charge in [0.15, 0.2) is 0 Å². The van der Waals surface area contributed by atoms with Gasteiger partial charge in [-0.05, 0) is 6.92 Å². The number of allylic oxidation sites excluding steroid dienone is 1. The van der Waals surface area contributed by atoms with E-state index in [1.165, 1.54) is 0 Å². The third kappa shape index (κ3) is 619. The van der Waals surface area contributed by atoms with Crippen molar-refractivity contribution in [2.45, 2.75) is 6.92 Å². The molecule has 0 aromatic heterocycles. The Morgan fingerprint density at radius 1 is 1.23 bits per heavy atom. The Balaban J connectivity index is -0.000000125. The smallest absolute Gasteiger partial charge is 0.450 e. The molecule has 0 aromatic rings. The van der Waals surface area contributed by atoms with Crippen molar-refractivity contribution >= 4 is 12.3 Å². The fraction of sp³-hybridized carbons (Fsp3) is 0.143. The zero-order valence-electron chi connectivity index (χ0n) is 7.14. The van der Waals surface area contributed by atoms with Crippen LogP contribution in [0, 0.1) is 0 Å². The van der Waals surface area contributed by atoms with Crippen LogP contribution in [0.2, 0.25) is 0 Å². The fourth-order valence-electron chi connectivity index (χ4n) is 0.0713. The summed E-state index contributed by atoms with van der Waals surface area (Å²) in [6.45, 7) is 8.25. The molecule has 0 bridgehead atoms. The third-order valence-electron chi connectivity index (χ3n) is 0.184. The first-order chi connectivity index (χ1) is 5.92. The molecule has 0 aliphatic carbocycles. The van der Waals surface area contributed by atoms with Gasteiger partial charge in [0, 0.05) is 0 Å². The topological polar surface area (TPSA) is 104 Å². The highest BCUT2D eigenvalue weighted by molar-refractivity contribution is 5.57. The average molecular weight is 192 g/mol. The molecule has 0 radical (unpaired) electrons. The molecule has 0 aliphatic rings. The highest BCUT2D eigenvalue weighted by Gasteiger charge is 1.84. The number of carboxylic acid groups (broad SMARTS) is 3. The molecule has 76 valence electrons. The van der Waals surface area contributed by atoms with Gasteiger partial charge in [-0.25, -0.2) is 9.59 Å². The minimum atomic E-state index is -1.83. The maximum absolute atomic E-state index is 9.31. The molecule has 0 rings (SSSR count). The van der Waals surface area contributed by atoms with Crippen molar-refractivity contribution < 1.29 is 29.6 Å². The van der Waals surface area contributed by atoms with E-state index in [0.29, 0.717) is 0 Å². The standard InChI is InChI=1S/C3H4O3.C3H6.CH2O3/c1-2-6-3(4)5;1-3-2;2-1(3)4/h2H,1H2,(H,4,5);3H,1H2,2H3;(H2,2,3,4). The molecule has 0 heterocycles. The van der Waals surface area contributed by atoms with E-state index in [4.69, 9.17) is 20.1 Å². The summed E-state index contributed by atoms with van der Waals surface area (Å²) < 4.78 is 3.72. The van der Waals surface area contributed by atoms with Gasteiger partial charge in [0.2, 0.25) is 0 Å². The molecule has 6 nitrogen and oxygen atoms in total. The van der Waals surface area contributed by atoms with Gasteiger partial charge in [-0.3, -0.25) is 0 Å². The lowest BCUT2D eigenvalue weighted by molar-refractivity contribution is 0.128. The molecular formula is C7H12O6. The van der Waals surface area contributed by atoms with Crippen molar-refractivity contribution in [1.29, 1.82) is 0 Å². The number of hydrogen-bond acceptors (Lipinski definition) is 3. The molecule has 0 aliphatic heterocycles. The molecule has 0 unspecified atom stereocenters. The fourth-order valence-corrected chi connectivity index (χ4v) is 0.0713. The Kier molecular flexibility index (Phi) is 21.9. The Morgan fingerprint density at radius 3 is 1.46 bits per heavy atom. The lowest BCUT2D eigenvalue weighted by atomic mass is 10.8. The summed E-state index contributed by atoms with van der Waals surface area (Å²) in [7, 11) is 0. The van der Waals surface area contributed by atoms with E-state index in [2.05, 4.69) is 17.9 Å². The molecule has 0 atom stereocenters.